The van der Waals surface area contributed by atoms with Crippen molar-refractivity contribution in [3.63, 3.8) is 0 Å². The normalized spacial score (nSPS) is 19.7. The Morgan fingerprint density at radius 1 is 0.944 bits per heavy atom. The average Bonchev–Trinajstić information content (AvgIpc) is 2.90. The molecule has 1 aliphatic rings. The van der Waals surface area contributed by atoms with Crippen LogP contribution in [0.4, 0.5) is 0 Å². The molecule has 0 spiro atoms. The van der Waals surface area contributed by atoms with Gasteiger partial charge in [0, 0.05) is 43.8 Å². The van der Waals surface area contributed by atoms with E-state index in [1.165, 1.54) is 43.4 Å². The highest BCUT2D eigenvalue weighted by atomic mass is 16.5. The van der Waals surface area contributed by atoms with E-state index in [0.717, 1.165) is 37.5 Å². The van der Waals surface area contributed by atoms with Crippen molar-refractivity contribution in [2.75, 3.05) is 39.8 Å². The predicted molar refractivity (Wildman–Crippen MR) is 150 cm³/mol. The molecule has 5 nitrogen and oxygen atoms in total. The van der Waals surface area contributed by atoms with Gasteiger partial charge in [-0.25, -0.2) is 0 Å². The van der Waals surface area contributed by atoms with Gasteiger partial charge in [0.1, 0.15) is 5.75 Å². The zero-order valence-electron chi connectivity index (χ0n) is 23.4. The number of benzene rings is 2. The van der Waals surface area contributed by atoms with Gasteiger partial charge in [-0.1, -0.05) is 50.5 Å². The summed E-state index contributed by atoms with van der Waals surface area (Å²) in [4.78, 5) is 20.1. The highest BCUT2D eigenvalue weighted by Gasteiger charge is 2.34. The van der Waals surface area contributed by atoms with Crippen molar-refractivity contribution >= 4 is 5.91 Å². The van der Waals surface area contributed by atoms with E-state index in [1.807, 2.05) is 36.9 Å². The van der Waals surface area contributed by atoms with Gasteiger partial charge >= 0.3 is 0 Å². The molecule has 0 saturated carbocycles. The molecule has 1 unspecified atom stereocenters. The molecule has 1 fully saturated rings. The number of unbranched alkanes of at least 4 members (excludes halogenated alkanes) is 3. The molecule has 198 valence electrons. The van der Waals surface area contributed by atoms with E-state index in [2.05, 4.69) is 60.9 Å². The summed E-state index contributed by atoms with van der Waals surface area (Å²) in [6.45, 7) is 15.8. The van der Waals surface area contributed by atoms with Crippen LogP contribution in [0.3, 0.4) is 0 Å². The number of rotatable bonds is 12. The van der Waals surface area contributed by atoms with E-state index in [9.17, 15) is 4.79 Å². The Balaban J connectivity index is 1.88. The molecule has 0 aliphatic carbocycles. The number of hydrogen-bond acceptors (Lipinski definition) is 4. The summed E-state index contributed by atoms with van der Waals surface area (Å²) < 4.78 is 5.58. The number of amides is 1. The first-order valence-electron chi connectivity index (χ1n) is 14.0. The Hall–Kier alpha value is -2.37. The average molecular weight is 494 g/mol. The molecular formula is C31H47N3O2. The number of carbonyl (C=O) groups is 1. The maximum absolute atomic E-state index is 12.9. The van der Waals surface area contributed by atoms with Gasteiger partial charge in [-0.3, -0.25) is 14.6 Å². The van der Waals surface area contributed by atoms with Crippen LogP contribution in [0, 0.1) is 0 Å². The smallest absolute Gasteiger partial charge is 0.253 e. The van der Waals surface area contributed by atoms with Crippen LogP contribution >= 0.6 is 0 Å². The molecule has 0 radical (unpaired) electrons. The molecule has 1 aliphatic heterocycles. The Labute approximate surface area is 219 Å². The van der Waals surface area contributed by atoms with Crippen LogP contribution in [-0.2, 0) is 0 Å². The van der Waals surface area contributed by atoms with Crippen LogP contribution < -0.4 is 4.74 Å². The maximum atomic E-state index is 12.9. The topological polar surface area (TPSA) is 36.0 Å². The molecule has 2 aromatic rings. The Bertz CT molecular complexity index is 941. The number of nitrogens with zero attached hydrogens (tertiary/aromatic N) is 3. The van der Waals surface area contributed by atoms with Gasteiger partial charge in [-0.2, -0.15) is 0 Å². The molecule has 1 amide bonds. The Morgan fingerprint density at radius 2 is 1.67 bits per heavy atom. The van der Waals surface area contributed by atoms with Crippen LogP contribution in [0.2, 0.25) is 0 Å². The largest absolute Gasteiger partial charge is 0.497 e. The quantitative estimate of drug-likeness (QED) is 0.328. The highest BCUT2D eigenvalue weighted by molar-refractivity contribution is 5.94. The standard InChI is InChI=1S/C31H47N3O2/c1-7-10-11-12-20-33-22-25(5)34(23-24(33)4)30(28-14-13-15-29(21-28)36-6)26-16-18-27(19-17-26)31(35)32(8-2)9-3/h13-19,21,24-25,30H,7-12,20,22-23H2,1-6H3/t24-,25+,30?/m1/s1. The first kappa shape index (κ1) is 28.2. The van der Waals surface area contributed by atoms with Crippen molar-refractivity contribution in [1.82, 2.24) is 14.7 Å². The lowest BCUT2D eigenvalue weighted by Gasteiger charge is -2.48. The fourth-order valence-corrected chi connectivity index (χ4v) is 5.53. The molecule has 1 saturated heterocycles. The summed E-state index contributed by atoms with van der Waals surface area (Å²) in [6.07, 6.45) is 5.21. The monoisotopic (exact) mass is 493 g/mol. The van der Waals surface area contributed by atoms with Gasteiger partial charge in [0.25, 0.3) is 5.91 Å². The lowest BCUT2D eigenvalue weighted by Crippen LogP contribution is -2.57. The second-order valence-corrected chi connectivity index (χ2v) is 10.2. The zero-order valence-corrected chi connectivity index (χ0v) is 23.4. The zero-order chi connectivity index (χ0) is 26.1. The second-order valence-electron chi connectivity index (χ2n) is 10.2. The third kappa shape index (κ3) is 6.89. The van der Waals surface area contributed by atoms with Gasteiger partial charge in [-0.05, 0) is 76.1 Å². The van der Waals surface area contributed by atoms with Gasteiger partial charge in [-0.15, -0.1) is 0 Å². The lowest BCUT2D eigenvalue weighted by molar-refractivity contribution is 0.0231. The van der Waals surface area contributed by atoms with Crippen LogP contribution in [0.5, 0.6) is 5.75 Å². The van der Waals surface area contributed by atoms with E-state index in [-0.39, 0.29) is 11.9 Å². The van der Waals surface area contributed by atoms with Crippen molar-refractivity contribution in [2.24, 2.45) is 0 Å². The molecule has 0 aromatic heterocycles. The first-order chi connectivity index (χ1) is 17.4. The predicted octanol–water partition coefficient (Wildman–Crippen LogP) is 6.24. The van der Waals surface area contributed by atoms with Crippen LogP contribution in [0.25, 0.3) is 0 Å². The number of carbonyl (C=O) groups excluding carboxylic acids is 1. The van der Waals surface area contributed by atoms with E-state index in [1.54, 1.807) is 7.11 Å². The van der Waals surface area contributed by atoms with E-state index >= 15 is 0 Å². The number of hydrogen-bond donors (Lipinski definition) is 0. The third-order valence-corrected chi connectivity index (χ3v) is 7.73. The molecule has 1 heterocycles. The summed E-state index contributed by atoms with van der Waals surface area (Å²) >= 11 is 0. The third-order valence-electron chi connectivity index (χ3n) is 7.73. The minimum Gasteiger partial charge on any atom is -0.497 e. The van der Waals surface area contributed by atoms with Crippen molar-refractivity contribution < 1.29 is 9.53 Å². The maximum Gasteiger partial charge on any atom is 0.253 e. The van der Waals surface area contributed by atoms with Gasteiger partial charge < -0.3 is 9.64 Å². The summed E-state index contributed by atoms with van der Waals surface area (Å²) in [5.41, 5.74) is 3.20. The van der Waals surface area contributed by atoms with Crippen molar-refractivity contribution in [2.45, 2.75) is 78.4 Å². The molecular weight excluding hydrogens is 446 g/mol. The van der Waals surface area contributed by atoms with E-state index in [0.29, 0.717) is 12.1 Å². The number of ether oxygens (including phenoxy) is 1. The van der Waals surface area contributed by atoms with Crippen LogP contribution in [0.15, 0.2) is 48.5 Å². The summed E-state index contributed by atoms with van der Waals surface area (Å²) in [5.74, 6) is 0.976. The number of methoxy groups -OCH3 is 1. The van der Waals surface area contributed by atoms with Crippen LogP contribution in [0.1, 0.15) is 87.8 Å². The first-order valence-corrected chi connectivity index (χ1v) is 14.0. The fraction of sp³-hybridized carbons (Fsp3) is 0.581. The molecule has 0 N–H and O–H groups in total. The minimum atomic E-state index is 0.100. The molecule has 0 bridgehead atoms. The molecule has 3 atom stereocenters. The molecule has 5 heteroatoms. The molecule has 3 rings (SSSR count). The highest BCUT2D eigenvalue weighted by Crippen LogP contribution is 2.35. The molecule has 36 heavy (non-hydrogen) atoms. The summed E-state index contributed by atoms with van der Waals surface area (Å²) in [6, 6.07) is 17.8. The SMILES string of the molecule is CCCCCCN1C[C@H](C)N(C(c2ccc(C(=O)N(CC)CC)cc2)c2cccc(OC)c2)C[C@H]1C. The summed E-state index contributed by atoms with van der Waals surface area (Å²) in [5, 5.41) is 0. The van der Waals surface area contributed by atoms with Crippen molar-refractivity contribution in [3.8, 4) is 5.75 Å². The van der Waals surface area contributed by atoms with Crippen molar-refractivity contribution in [1.29, 1.82) is 0 Å². The summed E-state index contributed by atoms with van der Waals surface area (Å²) in [7, 11) is 1.73. The Morgan fingerprint density at radius 3 is 2.31 bits per heavy atom. The number of piperazine rings is 1. The Kier molecular flexibility index (Phi) is 10.8. The second kappa shape index (κ2) is 13.8. The fourth-order valence-electron chi connectivity index (χ4n) is 5.53. The molecule has 2 aromatic carbocycles. The minimum absolute atomic E-state index is 0.100. The lowest BCUT2D eigenvalue weighted by atomic mass is 9.92. The van der Waals surface area contributed by atoms with E-state index in [4.69, 9.17) is 4.74 Å². The van der Waals surface area contributed by atoms with E-state index < -0.39 is 0 Å². The van der Waals surface area contributed by atoms with Crippen molar-refractivity contribution in [3.05, 3.63) is 65.2 Å². The van der Waals surface area contributed by atoms with Crippen LogP contribution in [-0.4, -0.2) is 72.5 Å². The van der Waals surface area contributed by atoms with Gasteiger partial charge in [0.05, 0.1) is 13.2 Å². The van der Waals surface area contributed by atoms with Gasteiger partial charge in [0.2, 0.25) is 0 Å². The van der Waals surface area contributed by atoms with Gasteiger partial charge in [0.15, 0.2) is 0 Å².